The second-order valence-electron chi connectivity index (χ2n) is 4.27. The molecule has 1 atom stereocenters. The first kappa shape index (κ1) is 15.5. The first-order valence-electron chi connectivity index (χ1n) is 6.02. The Morgan fingerprint density at radius 2 is 1.55 bits per heavy atom. The van der Waals surface area contributed by atoms with Crippen LogP contribution in [0.4, 0.5) is 0 Å². The summed E-state index contributed by atoms with van der Waals surface area (Å²) in [5, 5.41) is 5.05. The molecule has 106 valence electrons. The third-order valence-electron chi connectivity index (χ3n) is 3.08. The van der Waals surface area contributed by atoms with Gasteiger partial charge in [0.05, 0.1) is 13.2 Å². The molecule has 0 saturated heterocycles. The van der Waals surface area contributed by atoms with E-state index in [1.54, 1.807) is 19.2 Å². The molecule has 2 aromatic carbocycles. The summed E-state index contributed by atoms with van der Waals surface area (Å²) in [7, 11) is 3.47. The fourth-order valence-corrected chi connectivity index (χ4v) is 2.88. The molecule has 0 aliphatic rings. The predicted molar refractivity (Wildman–Crippen MR) is 85.4 cm³/mol. The molecule has 2 aromatic rings. The lowest BCUT2D eigenvalue weighted by Crippen LogP contribution is -2.18. The van der Waals surface area contributed by atoms with E-state index in [0.29, 0.717) is 15.1 Å². The number of hydrogen-bond donors (Lipinski definition) is 1. The van der Waals surface area contributed by atoms with Crippen LogP contribution in [0.5, 0.6) is 5.75 Å². The first-order valence-corrected chi connectivity index (χ1v) is 7.16. The van der Waals surface area contributed by atoms with E-state index in [1.165, 1.54) is 0 Å². The van der Waals surface area contributed by atoms with Crippen molar-refractivity contribution in [1.29, 1.82) is 0 Å². The van der Waals surface area contributed by atoms with E-state index in [2.05, 4.69) is 5.32 Å². The zero-order valence-electron chi connectivity index (χ0n) is 11.1. The van der Waals surface area contributed by atoms with Gasteiger partial charge in [0.15, 0.2) is 0 Å². The lowest BCUT2D eigenvalue weighted by atomic mass is 9.98. The molecule has 0 heterocycles. The first-order chi connectivity index (χ1) is 9.56. The van der Waals surface area contributed by atoms with Crippen LogP contribution < -0.4 is 10.1 Å². The van der Waals surface area contributed by atoms with E-state index in [9.17, 15) is 0 Å². The summed E-state index contributed by atoms with van der Waals surface area (Å²) in [6, 6.07) is 10.9. The molecule has 5 heteroatoms. The predicted octanol–water partition coefficient (Wildman–Crippen LogP) is 4.96. The van der Waals surface area contributed by atoms with Gasteiger partial charge in [-0.2, -0.15) is 0 Å². The normalized spacial score (nSPS) is 12.2. The zero-order valence-corrected chi connectivity index (χ0v) is 13.4. The Hall–Kier alpha value is -0.930. The minimum atomic E-state index is -0.113. The van der Waals surface area contributed by atoms with Gasteiger partial charge in [-0.3, -0.25) is 0 Å². The SMILES string of the molecule is CNC(c1ccc(Cl)cc1Cl)c1ccc(OC)cc1Cl. The van der Waals surface area contributed by atoms with Crippen molar-refractivity contribution in [1.82, 2.24) is 5.32 Å². The lowest BCUT2D eigenvalue weighted by molar-refractivity contribution is 0.414. The molecule has 20 heavy (non-hydrogen) atoms. The maximum absolute atomic E-state index is 6.33. The van der Waals surface area contributed by atoms with Crippen molar-refractivity contribution in [3.8, 4) is 5.75 Å². The zero-order chi connectivity index (χ0) is 14.7. The van der Waals surface area contributed by atoms with Gasteiger partial charge in [-0.15, -0.1) is 0 Å². The van der Waals surface area contributed by atoms with Crippen molar-refractivity contribution in [3.05, 3.63) is 62.6 Å². The Kier molecular flexibility index (Phi) is 5.17. The molecule has 1 unspecified atom stereocenters. The van der Waals surface area contributed by atoms with Crippen molar-refractivity contribution in [3.63, 3.8) is 0 Å². The number of rotatable bonds is 4. The molecule has 0 spiro atoms. The Morgan fingerprint density at radius 1 is 0.950 bits per heavy atom. The number of halogens is 3. The Labute approximate surface area is 133 Å². The van der Waals surface area contributed by atoms with Crippen LogP contribution >= 0.6 is 34.8 Å². The molecule has 0 saturated carbocycles. The second kappa shape index (κ2) is 6.68. The fraction of sp³-hybridized carbons (Fsp3) is 0.200. The van der Waals surface area contributed by atoms with Crippen LogP contribution in [-0.4, -0.2) is 14.2 Å². The van der Waals surface area contributed by atoms with Gasteiger partial charge in [-0.25, -0.2) is 0 Å². The third-order valence-corrected chi connectivity index (χ3v) is 3.97. The maximum Gasteiger partial charge on any atom is 0.120 e. The van der Waals surface area contributed by atoms with Crippen LogP contribution in [0.1, 0.15) is 17.2 Å². The Morgan fingerprint density at radius 3 is 2.05 bits per heavy atom. The molecule has 0 aliphatic carbocycles. The van der Waals surface area contributed by atoms with Crippen molar-refractivity contribution in [2.24, 2.45) is 0 Å². The molecular weight excluding hydrogens is 317 g/mol. The highest BCUT2D eigenvalue weighted by Crippen LogP contribution is 2.34. The molecule has 2 nitrogen and oxygen atoms in total. The molecule has 0 aromatic heterocycles. The van der Waals surface area contributed by atoms with Crippen LogP contribution in [0.2, 0.25) is 15.1 Å². The summed E-state index contributed by atoms with van der Waals surface area (Å²) in [5.74, 6) is 0.718. The molecule has 0 aliphatic heterocycles. The number of ether oxygens (including phenoxy) is 1. The molecule has 0 amide bonds. The highest BCUT2D eigenvalue weighted by Gasteiger charge is 2.18. The van der Waals surface area contributed by atoms with E-state index in [-0.39, 0.29) is 6.04 Å². The molecule has 0 fully saturated rings. The smallest absolute Gasteiger partial charge is 0.120 e. The number of methoxy groups -OCH3 is 1. The van der Waals surface area contributed by atoms with Crippen molar-refractivity contribution in [2.75, 3.05) is 14.2 Å². The highest BCUT2D eigenvalue weighted by molar-refractivity contribution is 6.35. The average molecular weight is 331 g/mol. The Bertz CT molecular complexity index is 616. The number of nitrogens with one attached hydrogen (secondary N) is 1. The van der Waals surface area contributed by atoms with E-state index >= 15 is 0 Å². The Balaban J connectivity index is 2.47. The van der Waals surface area contributed by atoms with E-state index < -0.39 is 0 Å². The summed E-state index contributed by atoms with van der Waals surface area (Å²) in [5.41, 5.74) is 1.85. The molecule has 0 radical (unpaired) electrons. The van der Waals surface area contributed by atoms with Gasteiger partial charge in [-0.05, 0) is 42.4 Å². The lowest BCUT2D eigenvalue weighted by Gasteiger charge is -2.20. The van der Waals surface area contributed by atoms with Crippen LogP contribution in [0.25, 0.3) is 0 Å². The van der Waals surface area contributed by atoms with Gasteiger partial charge in [-0.1, -0.05) is 46.9 Å². The topological polar surface area (TPSA) is 21.3 Å². The summed E-state index contributed by atoms with van der Waals surface area (Å²) in [6.07, 6.45) is 0. The molecular formula is C15H14Cl3NO. The minimum Gasteiger partial charge on any atom is -0.497 e. The molecule has 1 N–H and O–H groups in total. The minimum absolute atomic E-state index is 0.113. The third kappa shape index (κ3) is 3.21. The monoisotopic (exact) mass is 329 g/mol. The van der Waals surface area contributed by atoms with Crippen molar-refractivity contribution >= 4 is 34.8 Å². The number of benzene rings is 2. The largest absolute Gasteiger partial charge is 0.497 e. The fourth-order valence-electron chi connectivity index (χ4n) is 2.08. The second-order valence-corrected chi connectivity index (χ2v) is 5.53. The quantitative estimate of drug-likeness (QED) is 0.855. The maximum atomic E-state index is 6.33. The van der Waals surface area contributed by atoms with Crippen molar-refractivity contribution in [2.45, 2.75) is 6.04 Å². The summed E-state index contributed by atoms with van der Waals surface area (Å²) >= 11 is 18.5. The summed E-state index contributed by atoms with van der Waals surface area (Å²) in [6.45, 7) is 0. The van der Waals surface area contributed by atoms with E-state index in [4.69, 9.17) is 39.5 Å². The highest BCUT2D eigenvalue weighted by atomic mass is 35.5. The van der Waals surface area contributed by atoms with Crippen LogP contribution in [0, 0.1) is 0 Å². The van der Waals surface area contributed by atoms with Crippen LogP contribution in [0.3, 0.4) is 0 Å². The van der Waals surface area contributed by atoms with Gasteiger partial charge in [0.1, 0.15) is 5.75 Å². The van der Waals surface area contributed by atoms with E-state index in [1.807, 2.05) is 31.3 Å². The summed E-state index contributed by atoms with van der Waals surface area (Å²) in [4.78, 5) is 0. The molecule has 0 bridgehead atoms. The van der Waals surface area contributed by atoms with Crippen molar-refractivity contribution < 1.29 is 4.74 Å². The summed E-state index contributed by atoms with van der Waals surface area (Å²) < 4.78 is 5.16. The van der Waals surface area contributed by atoms with Gasteiger partial charge in [0.25, 0.3) is 0 Å². The number of hydrogen-bond acceptors (Lipinski definition) is 2. The van der Waals surface area contributed by atoms with Crippen LogP contribution in [0.15, 0.2) is 36.4 Å². The standard InChI is InChI=1S/C15H14Cl3NO/c1-19-15(11-5-3-9(16)7-13(11)17)12-6-4-10(20-2)8-14(12)18/h3-8,15,19H,1-2H3. The van der Waals surface area contributed by atoms with Gasteiger partial charge < -0.3 is 10.1 Å². The van der Waals surface area contributed by atoms with Gasteiger partial charge in [0, 0.05) is 15.1 Å². The van der Waals surface area contributed by atoms with Crippen LogP contribution in [-0.2, 0) is 0 Å². The molecule has 2 rings (SSSR count). The van der Waals surface area contributed by atoms with Gasteiger partial charge in [0.2, 0.25) is 0 Å². The average Bonchev–Trinajstić information content (AvgIpc) is 2.43. The van der Waals surface area contributed by atoms with E-state index in [0.717, 1.165) is 16.9 Å². The van der Waals surface area contributed by atoms with Gasteiger partial charge >= 0.3 is 0 Å².